The Labute approximate surface area is 165 Å². The molecule has 0 saturated carbocycles. The van der Waals surface area contributed by atoms with Crippen LogP contribution in [0.4, 0.5) is 11.4 Å². The average Bonchev–Trinajstić information content (AvgIpc) is 3.18. The lowest BCUT2D eigenvalue weighted by atomic mass is 10.2. The van der Waals surface area contributed by atoms with Crippen LogP contribution in [0.15, 0.2) is 60.0 Å². The van der Waals surface area contributed by atoms with Crippen LogP contribution in [-0.2, 0) is 14.3 Å². The Kier molecular flexibility index (Phi) is 6.13. The SMILES string of the molecule is CC(=O)Nc1ccc(NC(=O)COC(=O)c2csc(-c3ccccc3)n2)cc1. The van der Waals surface area contributed by atoms with Gasteiger partial charge in [0, 0.05) is 29.2 Å². The van der Waals surface area contributed by atoms with E-state index in [4.69, 9.17) is 4.74 Å². The largest absolute Gasteiger partial charge is 0.451 e. The van der Waals surface area contributed by atoms with E-state index in [0.717, 1.165) is 5.56 Å². The summed E-state index contributed by atoms with van der Waals surface area (Å²) in [6, 6.07) is 16.1. The third-order valence-electron chi connectivity index (χ3n) is 3.56. The molecule has 142 valence electrons. The third kappa shape index (κ3) is 5.24. The van der Waals surface area contributed by atoms with Gasteiger partial charge in [-0.2, -0.15) is 0 Å². The van der Waals surface area contributed by atoms with Crippen LogP contribution in [-0.4, -0.2) is 29.4 Å². The van der Waals surface area contributed by atoms with Crippen LogP contribution in [0, 0.1) is 0 Å². The second-order valence-electron chi connectivity index (χ2n) is 5.79. The molecule has 0 bridgehead atoms. The number of hydrogen-bond donors (Lipinski definition) is 2. The minimum absolute atomic E-state index is 0.163. The van der Waals surface area contributed by atoms with Crippen molar-refractivity contribution >= 4 is 40.5 Å². The summed E-state index contributed by atoms with van der Waals surface area (Å²) in [6.45, 7) is 0.986. The molecular weight excluding hydrogens is 378 g/mol. The molecule has 2 aromatic carbocycles. The number of benzene rings is 2. The van der Waals surface area contributed by atoms with Gasteiger partial charge in [0.2, 0.25) is 5.91 Å². The van der Waals surface area contributed by atoms with Crippen molar-refractivity contribution in [2.75, 3.05) is 17.2 Å². The fourth-order valence-electron chi connectivity index (χ4n) is 2.32. The van der Waals surface area contributed by atoms with Crippen molar-refractivity contribution in [3.8, 4) is 10.6 Å². The number of anilines is 2. The summed E-state index contributed by atoms with van der Waals surface area (Å²) in [5.41, 5.74) is 2.22. The Hall–Kier alpha value is -3.52. The molecule has 0 radical (unpaired) electrons. The summed E-state index contributed by atoms with van der Waals surface area (Å²) in [4.78, 5) is 39.3. The number of esters is 1. The van der Waals surface area contributed by atoms with E-state index in [9.17, 15) is 14.4 Å². The van der Waals surface area contributed by atoms with Crippen molar-refractivity contribution in [1.29, 1.82) is 0 Å². The van der Waals surface area contributed by atoms with Crippen molar-refractivity contribution in [2.45, 2.75) is 6.92 Å². The van der Waals surface area contributed by atoms with Gasteiger partial charge in [0.15, 0.2) is 12.3 Å². The van der Waals surface area contributed by atoms with Gasteiger partial charge in [0.1, 0.15) is 5.01 Å². The van der Waals surface area contributed by atoms with Gasteiger partial charge in [-0.25, -0.2) is 9.78 Å². The van der Waals surface area contributed by atoms with Gasteiger partial charge in [0.25, 0.3) is 5.91 Å². The average molecular weight is 395 g/mol. The number of ether oxygens (including phenoxy) is 1. The summed E-state index contributed by atoms with van der Waals surface area (Å²) in [5, 5.41) is 7.55. The van der Waals surface area contributed by atoms with Gasteiger partial charge in [-0.3, -0.25) is 9.59 Å². The molecule has 8 heteroatoms. The van der Waals surface area contributed by atoms with Gasteiger partial charge in [0.05, 0.1) is 0 Å². The zero-order valence-electron chi connectivity index (χ0n) is 15.0. The van der Waals surface area contributed by atoms with E-state index in [1.165, 1.54) is 18.3 Å². The predicted molar refractivity (Wildman–Crippen MR) is 107 cm³/mol. The molecular formula is C20H17N3O4S. The van der Waals surface area contributed by atoms with Gasteiger partial charge in [-0.15, -0.1) is 11.3 Å². The highest BCUT2D eigenvalue weighted by Crippen LogP contribution is 2.23. The molecule has 1 heterocycles. The highest BCUT2D eigenvalue weighted by molar-refractivity contribution is 7.13. The molecule has 0 fully saturated rings. The maximum atomic E-state index is 12.1. The molecule has 3 rings (SSSR count). The summed E-state index contributed by atoms with van der Waals surface area (Å²) < 4.78 is 5.02. The molecule has 0 aliphatic carbocycles. The Bertz CT molecular complexity index is 984. The first-order chi connectivity index (χ1) is 13.5. The molecule has 3 aromatic rings. The highest BCUT2D eigenvalue weighted by Gasteiger charge is 2.15. The number of carbonyl (C=O) groups is 3. The van der Waals surface area contributed by atoms with E-state index in [-0.39, 0.29) is 11.6 Å². The van der Waals surface area contributed by atoms with Gasteiger partial charge < -0.3 is 15.4 Å². The second-order valence-corrected chi connectivity index (χ2v) is 6.64. The van der Waals surface area contributed by atoms with Crippen molar-refractivity contribution in [1.82, 2.24) is 4.98 Å². The fourth-order valence-corrected chi connectivity index (χ4v) is 3.12. The van der Waals surface area contributed by atoms with E-state index in [1.807, 2.05) is 30.3 Å². The molecule has 1 aromatic heterocycles. The van der Waals surface area contributed by atoms with Crippen LogP contribution in [0.25, 0.3) is 10.6 Å². The molecule has 2 amide bonds. The van der Waals surface area contributed by atoms with Gasteiger partial charge >= 0.3 is 5.97 Å². The quantitative estimate of drug-likeness (QED) is 0.622. The lowest BCUT2D eigenvalue weighted by Crippen LogP contribution is -2.21. The summed E-state index contributed by atoms with van der Waals surface area (Å²) in [6.07, 6.45) is 0. The Morgan fingerprint density at radius 3 is 2.25 bits per heavy atom. The molecule has 0 saturated heterocycles. The summed E-state index contributed by atoms with van der Waals surface area (Å²) in [5.74, 6) is -1.31. The number of nitrogens with zero attached hydrogens (tertiary/aromatic N) is 1. The number of nitrogens with one attached hydrogen (secondary N) is 2. The van der Waals surface area contributed by atoms with Crippen LogP contribution < -0.4 is 10.6 Å². The molecule has 7 nitrogen and oxygen atoms in total. The van der Waals surface area contributed by atoms with Crippen molar-refractivity contribution in [3.63, 3.8) is 0 Å². The second kappa shape index (κ2) is 8.92. The number of rotatable bonds is 6. The normalized spacial score (nSPS) is 10.2. The van der Waals surface area contributed by atoms with E-state index in [1.54, 1.807) is 29.6 Å². The van der Waals surface area contributed by atoms with Crippen molar-refractivity contribution in [2.24, 2.45) is 0 Å². The lowest BCUT2D eigenvalue weighted by Gasteiger charge is -2.07. The first kappa shape index (κ1) is 19.2. The number of carbonyl (C=O) groups excluding carboxylic acids is 3. The van der Waals surface area contributed by atoms with Crippen LogP contribution in [0.2, 0.25) is 0 Å². The molecule has 0 spiro atoms. The maximum Gasteiger partial charge on any atom is 0.358 e. The zero-order chi connectivity index (χ0) is 19.9. The van der Waals surface area contributed by atoms with Crippen LogP contribution in [0.3, 0.4) is 0 Å². The zero-order valence-corrected chi connectivity index (χ0v) is 15.8. The standard InChI is InChI=1S/C20H17N3O4S/c1-13(24)21-15-7-9-16(10-8-15)22-18(25)11-27-20(26)17-12-28-19(23-17)14-5-3-2-4-6-14/h2-10,12H,11H2,1H3,(H,21,24)(H,22,25). The molecule has 0 aliphatic heterocycles. The maximum absolute atomic E-state index is 12.1. The first-order valence-electron chi connectivity index (χ1n) is 8.37. The monoisotopic (exact) mass is 395 g/mol. The Morgan fingerprint density at radius 1 is 0.964 bits per heavy atom. The van der Waals surface area contributed by atoms with Crippen LogP contribution >= 0.6 is 11.3 Å². The molecule has 0 atom stereocenters. The minimum atomic E-state index is -0.658. The smallest absolute Gasteiger partial charge is 0.358 e. The van der Waals surface area contributed by atoms with Gasteiger partial charge in [-0.1, -0.05) is 30.3 Å². The number of hydrogen-bond acceptors (Lipinski definition) is 6. The highest BCUT2D eigenvalue weighted by atomic mass is 32.1. The number of thiazole rings is 1. The van der Waals surface area contributed by atoms with Crippen molar-refractivity contribution < 1.29 is 19.1 Å². The molecule has 2 N–H and O–H groups in total. The van der Waals surface area contributed by atoms with Crippen LogP contribution in [0.1, 0.15) is 17.4 Å². The topological polar surface area (TPSA) is 97.4 Å². The predicted octanol–water partition coefficient (Wildman–Crippen LogP) is 3.56. The minimum Gasteiger partial charge on any atom is -0.451 e. The van der Waals surface area contributed by atoms with Gasteiger partial charge in [-0.05, 0) is 24.3 Å². The summed E-state index contributed by atoms with van der Waals surface area (Å²) in [7, 11) is 0. The number of aromatic nitrogens is 1. The lowest BCUT2D eigenvalue weighted by molar-refractivity contribution is -0.119. The third-order valence-corrected chi connectivity index (χ3v) is 4.45. The van der Waals surface area contributed by atoms with E-state index < -0.39 is 18.5 Å². The molecule has 28 heavy (non-hydrogen) atoms. The fraction of sp³-hybridized carbons (Fsp3) is 0.100. The first-order valence-corrected chi connectivity index (χ1v) is 9.25. The van der Waals surface area contributed by atoms with E-state index in [0.29, 0.717) is 16.4 Å². The Balaban J connectivity index is 1.51. The Morgan fingerprint density at radius 2 is 1.61 bits per heavy atom. The van der Waals surface area contributed by atoms with E-state index in [2.05, 4.69) is 15.6 Å². The molecule has 0 unspecified atom stereocenters. The van der Waals surface area contributed by atoms with Crippen molar-refractivity contribution in [3.05, 3.63) is 65.7 Å². The van der Waals surface area contributed by atoms with E-state index >= 15 is 0 Å². The number of amides is 2. The molecule has 0 aliphatic rings. The van der Waals surface area contributed by atoms with Crippen LogP contribution in [0.5, 0.6) is 0 Å². The summed E-state index contributed by atoms with van der Waals surface area (Å²) >= 11 is 1.33.